The van der Waals surface area contributed by atoms with Crippen LogP contribution in [0.15, 0.2) is 79.0 Å². The minimum absolute atomic E-state index is 0.237. The lowest BCUT2D eigenvalue weighted by Gasteiger charge is -2.04. The van der Waals surface area contributed by atoms with Gasteiger partial charge in [0.25, 0.3) is 5.91 Å². The molecule has 3 rings (SSSR count). The van der Waals surface area contributed by atoms with E-state index in [-0.39, 0.29) is 5.91 Å². The maximum absolute atomic E-state index is 12.1. The topological polar surface area (TPSA) is 42.0 Å². The van der Waals surface area contributed by atoms with Gasteiger partial charge in [0, 0.05) is 23.0 Å². The fraction of sp³-hybridized carbons (Fsp3) is 0. The molecule has 110 valence electrons. The van der Waals surface area contributed by atoms with Gasteiger partial charge in [0.15, 0.2) is 0 Å². The summed E-state index contributed by atoms with van der Waals surface area (Å²) in [5, 5.41) is 2.83. The van der Waals surface area contributed by atoms with Gasteiger partial charge >= 0.3 is 0 Å². The van der Waals surface area contributed by atoms with E-state index < -0.39 is 0 Å². The lowest BCUT2D eigenvalue weighted by atomic mass is 10.1. The van der Waals surface area contributed by atoms with Crippen molar-refractivity contribution in [2.45, 2.75) is 0 Å². The quantitative estimate of drug-likeness (QED) is 0.732. The van der Waals surface area contributed by atoms with Crippen LogP contribution in [0.3, 0.4) is 0 Å². The van der Waals surface area contributed by atoms with Crippen molar-refractivity contribution in [3.63, 3.8) is 0 Å². The predicted molar refractivity (Wildman–Crippen MR) is 91.1 cm³/mol. The summed E-state index contributed by atoms with van der Waals surface area (Å²) in [6.45, 7) is 0. The second kappa shape index (κ2) is 7.06. The molecule has 0 aliphatic carbocycles. The zero-order valence-corrected chi connectivity index (χ0v) is 12.4. The molecule has 1 N–H and O–H groups in total. The fourth-order valence-corrected chi connectivity index (χ4v) is 2.03. The highest BCUT2D eigenvalue weighted by Crippen LogP contribution is 2.11. The maximum atomic E-state index is 12.1. The van der Waals surface area contributed by atoms with E-state index in [9.17, 15) is 4.79 Å². The van der Waals surface area contributed by atoms with Crippen LogP contribution in [-0.4, -0.2) is 10.9 Å². The van der Waals surface area contributed by atoms with E-state index in [4.69, 9.17) is 0 Å². The highest BCUT2D eigenvalue weighted by Gasteiger charge is 2.06. The molecular weight excluding hydrogens is 284 g/mol. The number of aromatic nitrogens is 1. The first-order valence-corrected chi connectivity index (χ1v) is 7.21. The number of anilines is 1. The Hall–Kier alpha value is -3.38. The summed E-state index contributed by atoms with van der Waals surface area (Å²) >= 11 is 0. The summed E-state index contributed by atoms with van der Waals surface area (Å²) in [6, 6.07) is 22.5. The molecule has 23 heavy (non-hydrogen) atoms. The first kappa shape index (κ1) is 14.6. The standard InChI is InChI=1S/C20H14N2O/c23-20(19-11-4-5-14-21-19)22-18-10-6-9-17(15-18)13-12-16-7-2-1-3-8-16/h1-11,14-15H,(H,22,23). The number of carbonyl (C=O) groups excluding carboxylic acids is 1. The molecule has 0 atom stereocenters. The summed E-state index contributed by atoms with van der Waals surface area (Å²) in [4.78, 5) is 16.1. The van der Waals surface area contributed by atoms with Gasteiger partial charge < -0.3 is 5.32 Å². The highest BCUT2D eigenvalue weighted by atomic mass is 16.1. The Kier molecular flexibility index (Phi) is 4.47. The van der Waals surface area contributed by atoms with Crippen LogP contribution in [-0.2, 0) is 0 Å². The normalized spacial score (nSPS) is 9.57. The molecule has 1 amide bonds. The van der Waals surface area contributed by atoms with Gasteiger partial charge in [-0.1, -0.05) is 42.2 Å². The molecule has 0 radical (unpaired) electrons. The monoisotopic (exact) mass is 298 g/mol. The van der Waals surface area contributed by atoms with Crippen molar-refractivity contribution in [2.75, 3.05) is 5.32 Å². The van der Waals surface area contributed by atoms with E-state index in [2.05, 4.69) is 22.1 Å². The van der Waals surface area contributed by atoms with Crippen LogP contribution in [0.25, 0.3) is 0 Å². The molecule has 0 bridgehead atoms. The zero-order valence-electron chi connectivity index (χ0n) is 12.4. The molecule has 0 unspecified atom stereocenters. The molecule has 1 heterocycles. The number of hydrogen-bond acceptors (Lipinski definition) is 2. The van der Waals surface area contributed by atoms with Crippen LogP contribution in [0, 0.1) is 11.8 Å². The lowest BCUT2D eigenvalue weighted by molar-refractivity contribution is 0.102. The van der Waals surface area contributed by atoms with Crippen molar-refractivity contribution in [1.82, 2.24) is 4.98 Å². The smallest absolute Gasteiger partial charge is 0.274 e. The Labute approximate surface area is 135 Å². The van der Waals surface area contributed by atoms with E-state index in [0.29, 0.717) is 11.4 Å². The van der Waals surface area contributed by atoms with Crippen LogP contribution in [0.5, 0.6) is 0 Å². The molecule has 3 heteroatoms. The predicted octanol–water partition coefficient (Wildman–Crippen LogP) is 3.73. The first-order valence-electron chi connectivity index (χ1n) is 7.21. The number of amides is 1. The van der Waals surface area contributed by atoms with Gasteiger partial charge in [-0.15, -0.1) is 0 Å². The third-order valence-corrected chi connectivity index (χ3v) is 3.14. The molecule has 0 aliphatic rings. The summed E-state index contributed by atoms with van der Waals surface area (Å²) in [5.74, 6) is 5.96. The molecule has 2 aromatic carbocycles. The van der Waals surface area contributed by atoms with Crippen molar-refractivity contribution in [3.05, 3.63) is 95.8 Å². The largest absolute Gasteiger partial charge is 0.321 e. The third kappa shape index (κ3) is 4.05. The third-order valence-electron chi connectivity index (χ3n) is 3.14. The van der Waals surface area contributed by atoms with E-state index in [0.717, 1.165) is 11.1 Å². The van der Waals surface area contributed by atoms with Crippen LogP contribution < -0.4 is 5.32 Å². The maximum Gasteiger partial charge on any atom is 0.274 e. The second-order valence-electron chi connectivity index (χ2n) is 4.87. The van der Waals surface area contributed by atoms with Gasteiger partial charge in [-0.2, -0.15) is 0 Å². The summed E-state index contributed by atoms with van der Waals surface area (Å²) in [6.07, 6.45) is 1.59. The number of nitrogens with zero attached hydrogens (tertiary/aromatic N) is 1. The first-order chi connectivity index (χ1) is 11.3. The molecule has 3 aromatic rings. The van der Waals surface area contributed by atoms with Crippen molar-refractivity contribution < 1.29 is 4.79 Å². The lowest BCUT2D eigenvalue weighted by Crippen LogP contribution is -2.13. The molecule has 0 fully saturated rings. The van der Waals surface area contributed by atoms with Crippen LogP contribution in [0.4, 0.5) is 5.69 Å². The second-order valence-corrected chi connectivity index (χ2v) is 4.87. The number of carbonyl (C=O) groups is 1. The fourth-order valence-electron chi connectivity index (χ4n) is 2.03. The van der Waals surface area contributed by atoms with Gasteiger partial charge in [0.2, 0.25) is 0 Å². The Morgan fingerprint density at radius 1 is 0.826 bits per heavy atom. The van der Waals surface area contributed by atoms with Gasteiger partial charge in [0.1, 0.15) is 5.69 Å². The Bertz CT molecular complexity index is 862. The SMILES string of the molecule is O=C(Nc1cccc(C#Cc2ccccc2)c1)c1ccccn1. The van der Waals surface area contributed by atoms with Gasteiger partial charge in [-0.05, 0) is 42.5 Å². The number of nitrogens with one attached hydrogen (secondary N) is 1. The summed E-state index contributed by atoms with van der Waals surface area (Å²) < 4.78 is 0. The summed E-state index contributed by atoms with van der Waals surface area (Å²) in [7, 11) is 0. The molecule has 0 aliphatic heterocycles. The number of pyridine rings is 1. The zero-order chi connectivity index (χ0) is 15.9. The molecule has 0 spiro atoms. The average Bonchev–Trinajstić information content (AvgIpc) is 2.62. The van der Waals surface area contributed by atoms with E-state index in [1.807, 2.05) is 54.6 Å². The van der Waals surface area contributed by atoms with Crippen molar-refractivity contribution >= 4 is 11.6 Å². The molecular formula is C20H14N2O. The Morgan fingerprint density at radius 3 is 2.35 bits per heavy atom. The van der Waals surface area contributed by atoms with E-state index >= 15 is 0 Å². The van der Waals surface area contributed by atoms with Gasteiger partial charge in [-0.25, -0.2) is 0 Å². The minimum Gasteiger partial charge on any atom is -0.321 e. The molecule has 0 saturated carbocycles. The van der Waals surface area contributed by atoms with E-state index in [1.165, 1.54) is 0 Å². The van der Waals surface area contributed by atoms with E-state index in [1.54, 1.807) is 24.4 Å². The minimum atomic E-state index is -0.237. The van der Waals surface area contributed by atoms with Crippen LogP contribution >= 0.6 is 0 Å². The summed E-state index contributed by atoms with van der Waals surface area (Å²) in [5.41, 5.74) is 2.87. The van der Waals surface area contributed by atoms with Crippen molar-refractivity contribution in [2.24, 2.45) is 0 Å². The average molecular weight is 298 g/mol. The van der Waals surface area contributed by atoms with Crippen molar-refractivity contribution in [1.29, 1.82) is 0 Å². The molecule has 0 saturated heterocycles. The van der Waals surface area contributed by atoms with Crippen LogP contribution in [0.1, 0.15) is 21.6 Å². The Balaban J connectivity index is 1.76. The van der Waals surface area contributed by atoms with Gasteiger partial charge in [-0.3, -0.25) is 9.78 Å². The molecule has 1 aromatic heterocycles. The van der Waals surface area contributed by atoms with Crippen LogP contribution in [0.2, 0.25) is 0 Å². The van der Waals surface area contributed by atoms with Gasteiger partial charge in [0.05, 0.1) is 0 Å². The number of benzene rings is 2. The Morgan fingerprint density at radius 2 is 1.57 bits per heavy atom. The number of rotatable bonds is 2. The molecule has 3 nitrogen and oxygen atoms in total. The number of hydrogen-bond donors (Lipinski definition) is 1. The highest BCUT2D eigenvalue weighted by molar-refractivity contribution is 6.02. The van der Waals surface area contributed by atoms with Crippen molar-refractivity contribution in [3.8, 4) is 11.8 Å².